The number of fused-ring (bicyclic) bond motifs is 14. The van der Waals surface area contributed by atoms with Gasteiger partial charge in [0.1, 0.15) is 0 Å². The fraction of sp³-hybridized carbons (Fsp3) is 0.109. The molecule has 0 aliphatic heterocycles. The average Bonchev–Trinajstić information content (AvgIpc) is 1.39. The van der Waals surface area contributed by atoms with E-state index in [1.807, 2.05) is 0 Å². The van der Waals surface area contributed by atoms with E-state index in [0.29, 0.717) is 0 Å². The smallest absolute Gasteiger partial charge is 0.0615 e. The van der Waals surface area contributed by atoms with E-state index in [1.54, 1.807) is 0 Å². The third-order valence-corrected chi connectivity index (χ3v) is 22.5. The van der Waals surface area contributed by atoms with Gasteiger partial charge in [-0.25, -0.2) is 0 Å². The van der Waals surface area contributed by atoms with Gasteiger partial charge in [-0.15, -0.1) is 0 Å². The third kappa shape index (κ3) is 7.37. The second-order valence-electron chi connectivity index (χ2n) is 27.9. The highest BCUT2D eigenvalue weighted by Gasteiger charge is 2.38. The molecule has 2 aliphatic rings. The van der Waals surface area contributed by atoms with Crippen molar-refractivity contribution in [2.45, 2.75) is 66.2 Å². The molecule has 0 N–H and O–H groups in total. The lowest BCUT2D eigenvalue weighted by Gasteiger charge is -2.24. The van der Waals surface area contributed by atoms with Crippen LogP contribution in [0, 0.1) is 27.7 Å². The molecule has 94 heavy (non-hydrogen) atoms. The van der Waals surface area contributed by atoms with E-state index in [2.05, 4.69) is 331 Å². The molecule has 0 amide bonds. The lowest BCUT2D eigenvalue weighted by atomic mass is 9.79. The third-order valence-electron chi connectivity index (χ3n) is 22.5. The lowest BCUT2D eigenvalue weighted by molar-refractivity contribution is 0.660. The Bertz CT molecular complexity index is 5690. The van der Waals surface area contributed by atoms with Crippen LogP contribution in [0.5, 0.6) is 0 Å². The molecule has 2 aromatic heterocycles. The van der Waals surface area contributed by atoms with Gasteiger partial charge in [-0.1, -0.05) is 258 Å². The van der Waals surface area contributed by atoms with Crippen molar-refractivity contribution in [3.8, 4) is 78.1 Å². The highest BCUT2D eigenvalue weighted by atomic mass is 15.0. The summed E-state index contributed by atoms with van der Waals surface area (Å²) < 4.78 is 5.26. The van der Waals surface area contributed by atoms with Gasteiger partial charge >= 0.3 is 0 Å². The molecule has 19 rings (SSSR count). The molecule has 0 atom stereocenters. The Morgan fingerprint density at radius 2 is 0.511 bits per heavy atom. The molecule has 2 heteroatoms. The van der Waals surface area contributed by atoms with Crippen LogP contribution in [0.2, 0.25) is 0 Å². The van der Waals surface area contributed by atoms with Crippen molar-refractivity contribution in [2.24, 2.45) is 0 Å². The fourth-order valence-electron chi connectivity index (χ4n) is 17.8. The first-order valence-electron chi connectivity index (χ1n) is 33.4. The number of aryl methyl sites for hydroxylation is 2. The van der Waals surface area contributed by atoms with Crippen LogP contribution in [0.15, 0.2) is 267 Å². The van der Waals surface area contributed by atoms with Crippen molar-refractivity contribution >= 4 is 86.4 Å². The Morgan fingerprint density at radius 3 is 0.872 bits per heavy atom. The van der Waals surface area contributed by atoms with E-state index < -0.39 is 0 Å². The van der Waals surface area contributed by atoms with Crippen LogP contribution in [0.25, 0.3) is 165 Å². The second kappa shape index (κ2) is 19.7. The minimum Gasteiger partial charge on any atom is -0.312 e. The van der Waals surface area contributed by atoms with Crippen molar-refractivity contribution < 1.29 is 0 Å². The molecule has 0 fully saturated rings. The first-order valence-corrected chi connectivity index (χ1v) is 33.4. The van der Waals surface area contributed by atoms with E-state index in [9.17, 15) is 0 Å². The van der Waals surface area contributed by atoms with Crippen LogP contribution in [0.1, 0.15) is 72.5 Å². The fourth-order valence-corrected chi connectivity index (χ4v) is 17.8. The van der Waals surface area contributed by atoms with Gasteiger partial charge < -0.3 is 9.13 Å². The summed E-state index contributed by atoms with van der Waals surface area (Å²) in [6.45, 7) is 19.1. The molecule has 0 saturated heterocycles. The maximum atomic E-state index is 2.63. The maximum absolute atomic E-state index is 2.63. The Kier molecular flexibility index (Phi) is 11.5. The molecule has 446 valence electrons. The summed E-state index contributed by atoms with van der Waals surface area (Å²) >= 11 is 0. The van der Waals surface area contributed by atoms with Crippen molar-refractivity contribution in [1.82, 2.24) is 9.13 Å². The number of benzene rings is 15. The number of aromatic nitrogens is 2. The van der Waals surface area contributed by atoms with Crippen molar-refractivity contribution in [2.75, 3.05) is 0 Å². The number of hydrogen-bond donors (Lipinski definition) is 0. The average molecular weight is 1200 g/mol. The predicted molar refractivity (Wildman–Crippen MR) is 401 cm³/mol. The van der Waals surface area contributed by atoms with Crippen molar-refractivity contribution in [3.05, 3.63) is 312 Å². The molecule has 0 unspecified atom stereocenters. The van der Waals surface area contributed by atoms with E-state index in [1.165, 1.54) is 209 Å². The molecule has 0 saturated carbocycles. The molecule has 17 aromatic rings. The highest BCUT2D eigenvalue weighted by Crippen LogP contribution is 2.56. The molecule has 0 spiro atoms. The summed E-state index contributed by atoms with van der Waals surface area (Å²) in [4.78, 5) is 0. The van der Waals surface area contributed by atoms with E-state index >= 15 is 0 Å². The van der Waals surface area contributed by atoms with E-state index in [-0.39, 0.29) is 10.8 Å². The molecule has 2 aliphatic carbocycles. The van der Waals surface area contributed by atoms with Gasteiger partial charge in [0.25, 0.3) is 0 Å². The van der Waals surface area contributed by atoms with Crippen LogP contribution in [0.4, 0.5) is 0 Å². The Morgan fingerprint density at radius 1 is 0.223 bits per heavy atom. The number of hydrogen-bond acceptors (Lipinski definition) is 0. The summed E-state index contributed by atoms with van der Waals surface area (Å²) in [6, 6.07) is 102. The summed E-state index contributed by atoms with van der Waals surface area (Å²) in [5.41, 5.74) is 30.1. The largest absolute Gasteiger partial charge is 0.312 e. The van der Waals surface area contributed by atoms with Crippen LogP contribution in [-0.4, -0.2) is 9.13 Å². The number of rotatable bonds is 6. The first kappa shape index (κ1) is 54.7. The minimum absolute atomic E-state index is 0.216. The van der Waals surface area contributed by atoms with Crippen LogP contribution in [0.3, 0.4) is 0 Å². The molecule has 15 aromatic carbocycles. The molecule has 2 heterocycles. The van der Waals surface area contributed by atoms with E-state index in [0.717, 1.165) is 0 Å². The van der Waals surface area contributed by atoms with Gasteiger partial charge in [-0.2, -0.15) is 0 Å². The quantitative estimate of drug-likeness (QED) is 0.147. The van der Waals surface area contributed by atoms with Gasteiger partial charge in [0.05, 0.1) is 22.4 Å². The zero-order valence-corrected chi connectivity index (χ0v) is 54.3. The Hall–Kier alpha value is -11.1. The van der Waals surface area contributed by atoms with Crippen molar-refractivity contribution in [1.29, 1.82) is 0 Å². The summed E-state index contributed by atoms with van der Waals surface area (Å²) in [7, 11) is 0. The van der Waals surface area contributed by atoms with Crippen LogP contribution in [-0.2, 0) is 10.8 Å². The molecule has 2 nitrogen and oxygen atoms in total. The van der Waals surface area contributed by atoms with Gasteiger partial charge in [-0.05, 0) is 207 Å². The van der Waals surface area contributed by atoms with Gasteiger partial charge in [-0.3, -0.25) is 0 Å². The van der Waals surface area contributed by atoms with Crippen LogP contribution >= 0.6 is 0 Å². The van der Waals surface area contributed by atoms with Crippen molar-refractivity contribution in [3.63, 3.8) is 0 Å². The van der Waals surface area contributed by atoms with E-state index in [4.69, 9.17) is 0 Å². The molecular formula is C92H68N2. The highest BCUT2D eigenvalue weighted by molar-refractivity contribution is 6.27. The minimum atomic E-state index is -0.216. The number of nitrogens with zero attached hydrogens (tertiary/aromatic N) is 2. The summed E-state index contributed by atoms with van der Waals surface area (Å²) in [6.07, 6.45) is 0. The zero-order chi connectivity index (χ0) is 63.2. The predicted octanol–water partition coefficient (Wildman–Crippen LogP) is 25.0. The second-order valence-corrected chi connectivity index (χ2v) is 27.9. The first-order chi connectivity index (χ1) is 45.9. The van der Waals surface area contributed by atoms with Gasteiger partial charge in [0.15, 0.2) is 0 Å². The normalized spacial score (nSPS) is 13.7. The monoisotopic (exact) mass is 1200 g/mol. The van der Waals surface area contributed by atoms with Gasteiger partial charge in [0.2, 0.25) is 0 Å². The zero-order valence-electron chi connectivity index (χ0n) is 54.3. The molecule has 0 bridgehead atoms. The molecule has 0 radical (unpaired) electrons. The SMILES string of the molecule is Cc1c(C)n(-c2c3ccccc3c(-c3ccccc3)c3ccccc23)c2cc3c(-c4ccc5c(c4)C(C)(C)c4ccccc4-5)c4cc5c(C)c(C)n(-c6c7ccccc7c(-c7ccccc7)c7ccccc67)c5cc4c(-c4ccc5c(c4)C(C)(C)c4ccccc4-5)c3cc12. The maximum Gasteiger partial charge on any atom is 0.0615 e. The lowest BCUT2D eigenvalue weighted by Crippen LogP contribution is -2.15. The standard InChI is InChI=1S/C92H68N2/c1-53-55(3)93(89-69-37-19-15-33-65(69)85(57-27-11-9-12-28-57)66-34-16-20-38-70(66)89)83-51-77-75(49-73(53)83)87(59-43-45-63-61-31-23-25-41-79(61)91(5,6)81(63)47-59)78-52-84-74(50-76(78)88(77)60-44-46-64-62-32-24-26-42-80(62)92(7,8)82(64)48-60)54(2)56(4)94(84)90-71-39-21-17-35-67(71)86(58-29-13-10-14-30-58)68-36-18-22-40-72(68)90/h9-52H,1-8H3. The Labute approximate surface area is 548 Å². The topological polar surface area (TPSA) is 9.86 Å². The van der Waals surface area contributed by atoms with Crippen LogP contribution < -0.4 is 0 Å². The van der Waals surface area contributed by atoms with Gasteiger partial charge in [0, 0.05) is 54.5 Å². The summed E-state index contributed by atoms with van der Waals surface area (Å²) in [5.74, 6) is 0. The Balaban J connectivity index is 0.991. The summed E-state index contributed by atoms with van der Waals surface area (Å²) in [5, 5.41) is 17.4. The molecular weight excluding hydrogens is 1130 g/mol.